The maximum Gasteiger partial charge on any atom is 0.0647 e. The van der Waals surface area contributed by atoms with Crippen LogP contribution in [0.15, 0.2) is 24.3 Å². The van der Waals surface area contributed by atoms with Gasteiger partial charge in [0.2, 0.25) is 0 Å². The summed E-state index contributed by atoms with van der Waals surface area (Å²) in [6.07, 6.45) is 0. The van der Waals surface area contributed by atoms with E-state index in [9.17, 15) is 0 Å². The lowest BCUT2D eigenvalue weighted by Crippen LogP contribution is -2.80. The lowest BCUT2D eigenvalue weighted by molar-refractivity contribution is 0.626. The highest BCUT2D eigenvalue weighted by Gasteiger charge is 2.66. The lowest BCUT2D eigenvalue weighted by atomic mass is 10.1. The van der Waals surface area contributed by atoms with Gasteiger partial charge in [0.15, 0.2) is 0 Å². The minimum absolute atomic E-state index is 0.244. The third-order valence-electron chi connectivity index (χ3n) is 18.6. The molecular weight excluding hydrogens is 873 g/mol. The van der Waals surface area contributed by atoms with Crippen molar-refractivity contribution in [2.45, 2.75) is 274 Å². The van der Waals surface area contributed by atoms with Gasteiger partial charge in [-0.1, -0.05) is 228 Å². The molecule has 0 fully saturated rings. The Labute approximate surface area is 398 Å². The lowest BCUT2D eigenvalue weighted by Gasteiger charge is -2.64. The van der Waals surface area contributed by atoms with Crippen LogP contribution in [0.5, 0.6) is 0 Å². The second kappa shape index (κ2) is 17.6. The fourth-order valence-corrected chi connectivity index (χ4v) is 237. The van der Waals surface area contributed by atoms with Crippen molar-refractivity contribution < 1.29 is 0 Å². The second-order valence-corrected chi connectivity index (χ2v) is 93.5. The Kier molecular flexibility index (Phi) is 16.6. The molecule has 8 heteroatoms. The zero-order chi connectivity index (χ0) is 49.8. The van der Waals surface area contributed by atoms with Crippen LogP contribution in [0.2, 0.25) is 66.5 Å². The number of benzene rings is 2. The Morgan fingerprint density at radius 3 is 0.516 bits per heavy atom. The topological polar surface area (TPSA) is 0 Å². The first-order valence-electron chi connectivity index (χ1n) is 24.6. The van der Waals surface area contributed by atoms with Gasteiger partial charge in [-0.2, -0.15) is 0 Å². The van der Waals surface area contributed by atoms with Gasteiger partial charge < -0.3 is 0 Å². The van der Waals surface area contributed by atoms with E-state index in [1.807, 2.05) is 10.4 Å². The van der Waals surface area contributed by atoms with Crippen molar-refractivity contribution >= 4 is 69.4 Å². The van der Waals surface area contributed by atoms with Gasteiger partial charge in [-0.25, -0.2) is 0 Å². The van der Waals surface area contributed by atoms with Crippen LogP contribution in [0.1, 0.15) is 200 Å². The maximum absolute atomic E-state index is 3.06. The summed E-state index contributed by atoms with van der Waals surface area (Å²) in [4.78, 5) is 0. The normalized spacial score (nSPS) is 14.9. The smallest absolute Gasteiger partial charge is 0.0647 e. The van der Waals surface area contributed by atoms with Crippen molar-refractivity contribution in [1.29, 1.82) is 0 Å². The fourth-order valence-electron chi connectivity index (χ4n) is 13.4. The first kappa shape index (κ1) is 58.3. The van der Waals surface area contributed by atoms with Crippen molar-refractivity contribution in [3.05, 3.63) is 57.6 Å². The molecule has 2 aromatic carbocycles. The van der Waals surface area contributed by atoms with E-state index in [0.29, 0.717) is 0 Å². The molecule has 0 saturated heterocycles. The molecule has 62 heavy (non-hydrogen) atoms. The van der Waals surface area contributed by atoms with Crippen LogP contribution in [-0.2, 0) is 0 Å². The molecule has 0 saturated carbocycles. The zero-order valence-corrected chi connectivity index (χ0v) is 56.3. The third kappa shape index (κ3) is 9.60. The first-order valence-corrected chi connectivity index (χ1v) is 47.6. The Bertz CT molecular complexity index is 1720. The zero-order valence-electron chi connectivity index (χ0n) is 48.3. The van der Waals surface area contributed by atoms with Crippen molar-refractivity contribution in [2.75, 3.05) is 0 Å². The molecule has 0 aromatic heterocycles. The fraction of sp³-hybridized carbons (Fsp3) is 0.778. The van der Waals surface area contributed by atoms with Gasteiger partial charge in [-0.15, -0.1) is 0 Å². The van der Waals surface area contributed by atoms with Crippen LogP contribution in [0.4, 0.5) is 0 Å². The van der Waals surface area contributed by atoms with Crippen LogP contribution in [-0.4, -0.2) is 59.0 Å². The molecule has 0 aliphatic heterocycles. The summed E-state index contributed by atoms with van der Waals surface area (Å²) in [6.45, 7) is 91.4. The van der Waals surface area contributed by atoms with Gasteiger partial charge in [0, 0.05) is 14.8 Å². The van der Waals surface area contributed by atoms with Crippen LogP contribution < -0.4 is 10.4 Å². The molecule has 0 atom stereocenters. The van der Waals surface area contributed by atoms with Crippen molar-refractivity contribution in [2.24, 2.45) is 0 Å². The van der Waals surface area contributed by atoms with E-state index in [-0.39, 0.29) is 40.3 Å². The molecule has 0 nitrogen and oxygen atoms in total. The van der Waals surface area contributed by atoms with E-state index >= 15 is 0 Å². The van der Waals surface area contributed by atoms with Gasteiger partial charge in [-0.3, -0.25) is 0 Å². The summed E-state index contributed by atoms with van der Waals surface area (Å²) in [5, 5.41) is 5.82. The molecule has 0 heterocycles. The van der Waals surface area contributed by atoms with Crippen molar-refractivity contribution in [3.8, 4) is 0 Å². The molecule has 0 amide bonds. The molecule has 0 spiro atoms. The van der Waals surface area contributed by atoms with E-state index < -0.39 is 59.0 Å². The van der Waals surface area contributed by atoms with Gasteiger partial charge in [0.05, 0.1) is 30.4 Å². The average molecular weight is 980 g/mol. The highest BCUT2D eigenvalue weighted by atomic mass is 29.9. The quantitative estimate of drug-likeness (QED) is 0.243. The molecular formula is C54H106Si8. The summed E-state index contributed by atoms with van der Waals surface area (Å²) in [5.74, 6) is 0. The molecule has 0 aliphatic carbocycles. The molecule has 2 aromatic rings. The van der Waals surface area contributed by atoms with E-state index in [2.05, 4.69) is 258 Å². The second-order valence-electron chi connectivity index (χ2n) is 29.5. The Balaban J connectivity index is 4.61. The van der Waals surface area contributed by atoms with Crippen LogP contribution in [0.3, 0.4) is 0 Å². The SMILES string of the molecule is Cc1cc(C)c([Si]([Si](c2c(C)cc(C)cc2C)=[Si]([Si](C)(C(C)(C)C)C(C)(C)C)[Si](C)(C(C)(C)C)C(C)(C)C)=[Si]([Si](C)(C(C)(C)C)C(C)(C)C)[Si](C)(C(C)(C)C)C(C)(C)C)c(C)c1. The standard InChI is InChI=1S/C54H106Si8/c1-39-35-41(3)45(42(4)36-39)55(57(59(31,47(7,8)9)48(10,11)12)60(32,49(13,14)15)50(16,17)18)56(46-43(5)37-40(2)38-44(46)6)58(61(33,51(19,20)21)52(22,23)24)62(34,53(25,26)27)54(28,29)30/h35-38H,1-34H3. The molecule has 0 bridgehead atoms. The predicted octanol–water partition coefficient (Wildman–Crippen LogP) is 16.9. The molecule has 0 N–H and O–H groups in total. The van der Waals surface area contributed by atoms with Crippen LogP contribution in [0, 0.1) is 41.5 Å². The summed E-state index contributed by atoms with van der Waals surface area (Å²) < 4.78 is 0. The Morgan fingerprint density at radius 2 is 0.403 bits per heavy atom. The number of hydrogen-bond donors (Lipinski definition) is 0. The van der Waals surface area contributed by atoms with Gasteiger partial charge in [0.1, 0.15) is 0 Å². The van der Waals surface area contributed by atoms with E-state index in [0.717, 1.165) is 0 Å². The summed E-state index contributed by atoms with van der Waals surface area (Å²) in [7, 11) is -11.6. The highest BCUT2D eigenvalue weighted by Crippen LogP contribution is 2.61. The Morgan fingerprint density at radius 1 is 0.274 bits per heavy atom. The van der Waals surface area contributed by atoms with Crippen LogP contribution >= 0.6 is 0 Å². The predicted molar refractivity (Wildman–Crippen MR) is 308 cm³/mol. The molecule has 0 aliphatic rings. The minimum atomic E-state index is -2.25. The number of hydrogen-bond acceptors (Lipinski definition) is 0. The third-order valence-corrected chi connectivity index (χ3v) is 153. The van der Waals surface area contributed by atoms with Gasteiger partial charge >= 0.3 is 0 Å². The molecule has 0 radical (unpaired) electrons. The van der Waals surface area contributed by atoms with E-state index in [1.54, 1.807) is 22.3 Å². The monoisotopic (exact) mass is 979 g/mol. The molecule has 354 valence electrons. The van der Waals surface area contributed by atoms with Crippen molar-refractivity contribution in [3.63, 3.8) is 0 Å². The molecule has 2 rings (SSSR count). The van der Waals surface area contributed by atoms with Gasteiger partial charge in [-0.05, 0) is 128 Å². The highest BCUT2D eigenvalue weighted by molar-refractivity contribution is 7.82. The molecule has 0 unspecified atom stereocenters. The maximum atomic E-state index is 3.06. The summed E-state index contributed by atoms with van der Waals surface area (Å²) >= 11 is 0. The summed E-state index contributed by atoms with van der Waals surface area (Å²) in [6, 6.07) is 10.7. The summed E-state index contributed by atoms with van der Waals surface area (Å²) in [5.41, 5.74) is 9.49. The first-order chi connectivity index (χ1) is 26.9. The van der Waals surface area contributed by atoms with E-state index in [4.69, 9.17) is 0 Å². The van der Waals surface area contributed by atoms with Crippen molar-refractivity contribution in [1.82, 2.24) is 0 Å². The average Bonchev–Trinajstić information content (AvgIpc) is 2.97. The Hall–Kier alpha value is 0.175. The van der Waals surface area contributed by atoms with Gasteiger partial charge in [0.25, 0.3) is 0 Å². The van der Waals surface area contributed by atoms with Crippen LogP contribution in [0.25, 0.3) is 0 Å². The largest absolute Gasteiger partial charge is 0.0684 e. The minimum Gasteiger partial charge on any atom is -0.0684 e. The number of rotatable bonds is 7. The van der Waals surface area contributed by atoms with E-state index in [1.165, 1.54) is 11.1 Å². The number of aryl methyl sites for hydroxylation is 6.